The van der Waals surface area contributed by atoms with Crippen LogP contribution in [0.2, 0.25) is 0 Å². The lowest BCUT2D eigenvalue weighted by atomic mass is 10.1. The fraction of sp³-hybridized carbons (Fsp3) is 0.692. The average Bonchev–Trinajstić information content (AvgIpc) is 3.03. The molecule has 2 heterocycles. The second-order valence-corrected chi connectivity index (χ2v) is 4.48. The van der Waals surface area contributed by atoms with Crippen LogP contribution in [0.15, 0.2) is 12.3 Å². The van der Waals surface area contributed by atoms with Gasteiger partial charge >= 0.3 is 0 Å². The van der Waals surface area contributed by atoms with Crippen molar-refractivity contribution in [3.63, 3.8) is 0 Å². The van der Waals surface area contributed by atoms with Crippen LogP contribution in [-0.2, 0) is 0 Å². The standard InChI is InChI=1S/C11H16N4.C2H6/c1-12-10-4-5-13-11(14-10)15-7-8-2-3-9(15)6-8;1-2/h4-5,8-9H,2-3,6-7H2,1H3,(H,12,13,14);1-2H3. The van der Waals surface area contributed by atoms with E-state index in [1.54, 1.807) is 0 Å². The zero-order valence-electron chi connectivity index (χ0n) is 11.0. The molecule has 1 aliphatic heterocycles. The number of anilines is 2. The Labute approximate surface area is 103 Å². The van der Waals surface area contributed by atoms with E-state index in [-0.39, 0.29) is 0 Å². The van der Waals surface area contributed by atoms with E-state index >= 15 is 0 Å². The summed E-state index contributed by atoms with van der Waals surface area (Å²) in [4.78, 5) is 11.2. The molecule has 1 saturated heterocycles. The lowest BCUT2D eigenvalue weighted by molar-refractivity contribution is 0.546. The quantitative estimate of drug-likeness (QED) is 0.853. The van der Waals surface area contributed by atoms with Gasteiger partial charge in [-0.15, -0.1) is 0 Å². The van der Waals surface area contributed by atoms with Crippen molar-refractivity contribution < 1.29 is 0 Å². The van der Waals surface area contributed by atoms with Crippen molar-refractivity contribution in [2.75, 3.05) is 23.8 Å². The Morgan fingerprint density at radius 3 is 2.76 bits per heavy atom. The number of aromatic nitrogens is 2. The van der Waals surface area contributed by atoms with Gasteiger partial charge in [0.25, 0.3) is 0 Å². The summed E-state index contributed by atoms with van der Waals surface area (Å²) in [6.45, 7) is 5.15. The zero-order valence-corrected chi connectivity index (χ0v) is 11.0. The molecular formula is C13H22N4. The molecule has 2 bridgehead atoms. The summed E-state index contributed by atoms with van der Waals surface area (Å²) in [5, 5.41) is 3.06. The third-order valence-corrected chi connectivity index (χ3v) is 3.57. The first-order chi connectivity index (χ1) is 8.36. The molecule has 1 aromatic rings. The highest BCUT2D eigenvalue weighted by Gasteiger charge is 2.38. The number of hydrogen-bond donors (Lipinski definition) is 1. The van der Waals surface area contributed by atoms with Crippen LogP contribution < -0.4 is 10.2 Å². The minimum atomic E-state index is 0.696. The van der Waals surface area contributed by atoms with Crippen LogP contribution in [0.3, 0.4) is 0 Å². The fourth-order valence-corrected chi connectivity index (χ4v) is 2.80. The largest absolute Gasteiger partial charge is 0.373 e. The third-order valence-electron chi connectivity index (χ3n) is 3.57. The molecule has 1 saturated carbocycles. The molecule has 2 atom stereocenters. The van der Waals surface area contributed by atoms with Gasteiger partial charge in [0.05, 0.1) is 0 Å². The van der Waals surface area contributed by atoms with Gasteiger partial charge in [0.2, 0.25) is 5.95 Å². The molecule has 0 spiro atoms. The van der Waals surface area contributed by atoms with Crippen molar-refractivity contribution in [1.82, 2.24) is 9.97 Å². The van der Waals surface area contributed by atoms with Gasteiger partial charge in [-0.3, -0.25) is 0 Å². The predicted octanol–water partition coefficient (Wildman–Crippen LogP) is 2.53. The molecule has 1 aliphatic carbocycles. The van der Waals surface area contributed by atoms with E-state index < -0.39 is 0 Å². The first-order valence-corrected chi connectivity index (χ1v) is 6.64. The van der Waals surface area contributed by atoms with Gasteiger partial charge in [0.1, 0.15) is 5.82 Å². The molecule has 1 N–H and O–H groups in total. The zero-order chi connectivity index (χ0) is 12.3. The second kappa shape index (κ2) is 5.34. The highest BCUT2D eigenvalue weighted by molar-refractivity contribution is 5.43. The van der Waals surface area contributed by atoms with Crippen LogP contribution in [0.1, 0.15) is 33.1 Å². The van der Waals surface area contributed by atoms with Gasteiger partial charge in [0.15, 0.2) is 0 Å². The number of hydrogen-bond acceptors (Lipinski definition) is 4. The van der Waals surface area contributed by atoms with Crippen molar-refractivity contribution >= 4 is 11.8 Å². The maximum atomic E-state index is 4.50. The summed E-state index contributed by atoms with van der Waals surface area (Å²) in [5.74, 6) is 2.69. The number of nitrogens with one attached hydrogen (secondary N) is 1. The minimum Gasteiger partial charge on any atom is -0.373 e. The smallest absolute Gasteiger partial charge is 0.227 e. The number of rotatable bonds is 2. The summed E-state index contributed by atoms with van der Waals surface area (Å²) in [5.41, 5.74) is 0. The maximum absolute atomic E-state index is 4.50. The van der Waals surface area contributed by atoms with Gasteiger partial charge in [-0.2, -0.15) is 4.98 Å². The van der Waals surface area contributed by atoms with Crippen molar-refractivity contribution in [3.05, 3.63) is 12.3 Å². The van der Waals surface area contributed by atoms with Crippen molar-refractivity contribution in [1.29, 1.82) is 0 Å². The van der Waals surface area contributed by atoms with Crippen LogP contribution in [0.5, 0.6) is 0 Å². The third kappa shape index (κ3) is 2.35. The topological polar surface area (TPSA) is 41.1 Å². The van der Waals surface area contributed by atoms with Crippen LogP contribution >= 0.6 is 0 Å². The first kappa shape index (κ1) is 12.1. The average molecular weight is 234 g/mol. The first-order valence-electron chi connectivity index (χ1n) is 6.64. The molecule has 0 radical (unpaired) electrons. The Kier molecular flexibility index (Phi) is 3.82. The van der Waals surface area contributed by atoms with Gasteiger partial charge < -0.3 is 10.2 Å². The summed E-state index contributed by atoms with van der Waals surface area (Å²) >= 11 is 0. The van der Waals surface area contributed by atoms with E-state index in [9.17, 15) is 0 Å². The molecule has 94 valence electrons. The van der Waals surface area contributed by atoms with E-state index in [2.05, 4.69) is 20.2 Å². The van der Waals surface area contributed by atoms with E-state index in [0.29, 0.717) is 6.04 Å². The lowest BCUT2D eigenvalue weighted by Gasteiger charge is -2.26. The van der Waals surface area contributed by atoms with Gasteiger partial charge in [-0.05, 0) is 31.2 Å². The molecule has 4 nitrogen and oxygen atoms in total. The number of fused-ring (bicyclic) bond motifs is 2. The van der Waals surface area contributed by atoms with Crippen molar-refractivity contribution in [2.24, 2.45) is 5.92 Å². The molecular weight excluding hydrogens is 212 g/mol. The fourth-order valence-electron chi connectivity index (χ4n) is 2.80. The Morgan fingerprint density at radius 2 is 2.18 bits per heavy atom. The molecule has 2 aliphatic rings. The maximum Gasteiger partial charge on any atom is 0.227 e. The van der Waals surface area contributed by atoms with Crippen LogP contribution in [0.25, 0.3) is 0 Å². The highest BCUT2D eigenvalue weighted by Crippen LogP contribution is 2.38. The Hall–Kier alpha value is -1.32. The van der Waals surface area contributed by atoms with E-state index in [1.807, 2.05) is 33.2 Å². The van der Waals surface area contributed by atoms with Gasteiger partial charge in [-0.25, -0.2) is 4.98 Å². The second-order valence-electron chi connectivity index (χ2n) is 4.48. The van der Waals surface area contributed by atoms with Crippen molar-refractivity contribution in [3.8, 4) is 0 Å². The summed E-state index contributed by atoms with van der Waals surface area (Å²) in [6.07, 6.45) is 5.89. The molecule has 0 amide bonds. The predicted molar refractivity (Wildman–Crippen MR) is 71.4 cm³/mol. The van der Waals surface area contributed by atoms with E-state index in [1.165, 1.54) is 19.3 Å². The molecule has 4 heteroatoms. The molecule has 2 unspecified atom stereocenters. The monoisotopic (exact) mass is 234 g/mol. The normalized spacial score (nSPS) is 25.5. The van der Waals surface area contributed by atoms with Crippen molar-refractivity contribution in [2.45, 2.75) is 39.2 Å². The van der Waals surface area contributed by atoms with Crippen LogP contribution in [0, 0.1) is 5.92 Å². The van der Waals surface area contributed by atoms with E-state index in [0.717, 1.165) is 24.2 Å². The molecule has 1 aromatic heterocycles. The Morgan fingerprint density at radius 1 is 1.35 bits per heavy atom. The minimum absolute atomic E-state index is 0.696. The van der Waals surface area contributed by atoms with Gasteiger partial charge in [-0.1, -0.05) is 13.8 Å². The van der Waals surface area contributed by atoms with E-state index in [4.69, 9.17) is 0 Å². The lowest BCUT2D eigenvalue weighted by Crippen LogP contribution is -2.33. The molecule has 0 aromatic carbocycles. The van der Waals surface area contributed by atoms with Crippen LogP contribution in [0.4, 0.5) is 11.8 Å². The SMILES string of the molecule is CC.CNc1ccnc(N2CC3CCC2C3)n1. The number of nitrogens with zero attached hydrogens (tertiary/aromatic N) is 3. The summed E-state index contributed by atoms with van der Waals surface area (Å²) in [6, 6.07) is 2.60. The molecule has 17 heavy (non-hydrogen) atoms. The Balaban J connectivity index is 0.000000514. The molecule has 2 fully saturated rings. The number of piperidine rings is 1. The summed E-state index contributed by atoms with van der Waals surface area (Å²) < 4.78 is 0. The molecule has 3 rings (SSSR count). The van der Waals surface area contributed by atoms with Crippen LogP contribution in [-0.4, -0.2) is 29.6 Å². The Bertz CT molecular complexity index is 366. The highest BCUT2D eigenvalue weighted by atomic mass is 15.3. The van der Waals surface area contributed by atoms with Gasteiger partial charge in [0, 0.05) is 25.8 Å². The summed E-state index contributed by atoms with van der Waals surface area (Å²) in [7, 11) is 1.89.